The molecule has 0 aliphatic carbocycles. The van der Waals surface area contributed by atoms with Gasteiger partial charge in [0.2, 0.25) is 15.9 Å². The molecule has 0 aromatic heterocycles. The Hall–Kier alpha value is -2.17. The van der Waals surface area contributed by atoms with E-state index in [0.717, 1.165) is 32.5 Å². The van der Waals surface area contributed by atoms with Gasteiger partial charge in [0.1, 0.15) is 12.3 Å². The van der Waals surface area contributed by atoms with Crippen molar-refractivity contribution in [1.29, 1.82) is 0 Å². The number of hydrogen-bond acceptors (Lipinski definition) is 6. The molecule has 0 radical (unpaired) electrons. The van der Waals surface area contributed by atoms with E-state index in [2.05, 4.69) is 17.1 Å². The number of ether oxygens (including phenoxy) is 1. The molecule has 3 aliphatic rings. The molecule has 0 saturated carbocycles. The molecular formula is C22H32N4O5S. The summed E-state index contributed by atoms with van der Waals surface area (Å²) in [6.07, 6.45) is 4.04. The van der Waals surface area contributed by atoms with Gasteiger partial charge in [-0.05, 0) is 62.9 Å². The first-order chi connectivity index (χ1) is 15.3. The predicted molar refractivity (Wildman–Crippen MR) is 120 cm³/mol. The lowest BCUT2D eigenvalue weighted by Crippen LogP contribution is -2.46. The zero-order valence-corrected chi connectivity index (χ0v) is 19.4. The van der Waals surface area contributed by atoms with Crippen LogP contribution in [0, 0.1) is 5.92 Å². The zero-order valence-electron chi connectivity index (χ0n) is 18.6. The van der Waals surface area contributed by atoms with Crippen LogP contribution in [-0.4, -0.2) is 81.9 Å². The number of amides is 2. The highest BCUT2D eigenvalue weighted by Crippen LogP contribution is 2.35. The molecule has 4 rings (SSSR count). The Balaban J connectivity index is 1.46. The Morgan fingerprint density at radius 2 is 1.88 bits per heavy atom. The summed E-state index contributed by atoms with van der Waals surface area (Å²) in [5, 5.41) is 2.87. The lowest BCUT2D eigenvalue weighted by atomic mass is 10.0. The lowest BCUT2D eigenvalue weighted by Gasteiger charge is -2.31. The molecule has 32 heavy (non-hydrogen) atoms. The van der Waals surface area contributed by atoms with Gasteiger partial charge in [-0.3, -0.25) is 14.5 Å². The Morgan fingerprint density at radius 3 is 2.59 bits per heavy atom. The van der Waals surface area contributed by atoms with Gasteiger partial charge in [-0.15, -0.1) is 0 Å². The van der Waals surface area contributed by atoms with Crippen molar-refractivity contribution in [2.24, 2.45) is 5.92 Å². The highest BCUT2D eigenvalue weighted by Gasteiger charge is 2.32. The van der Waals surface area contributed by atoms with E-state index in [4.69, 9.17) is 4.74 Å². The Morgan fingerprint density at radius 1 is 1.16 bits per heavy atom. The SMILES string of the molecule is CC1CCN(S(=O)(=O)c2ccc3c(c2)N(CC(=O)NCCN2CCCC2)C(=O)CO3)CC1. The minimum atomic E-state index is -3.68. The predicted octanol–water partition coefficient (Wildman–Crippen LogP) is 1.04. The molecule has 0 bridgehead atoms. The number of rotatable bonds is 7. The first-order valence-corrected chi connectivity index (χ1v) is 12.8. The number of benzene rings is 1. The summed E-state index contributed by atoms with van der Waals surface area (Å²) < 4.78 is 33.3. The smallest absolute Gasteiger partial charge is 0.265 e. The third-order valence-corrected chi connectivity index (χ3v) is 8.40. The molecule has 0 atom stereocenters. The summed E-state index contributed by atoms with van der Waals surface area (Å²) in [5.41, 5.74) is 0.322. The third-order valence-electron chi connectivity index (χ3n) is 6.50. The summed E-state index contributed by atoms with van der Waals surface area (Å²) >= 11 is 0. The fraction of sp³-hybridized carbons (Fsp3) is 0.636. The van der Waals surface area contributed by atoms with E-state index in [1.165, 1.54) is 34.2 Å². The number of hydrogen-bond donors (Lipinski definition) is 1. The zero-order chi connectivity index (χ0) is 22.7. The second kappa shape index (κ2) is 9.76. The van der Waals surface area contributed by atoms with Crippen molar-refractivity contribution >= 4 is 27.5 Å². The third kappa shape index (κ3) is 5.07. The van der Waals surface area contributed by atoms with E-state index in [-0.39, 0.29) is 29.9 Å². The average molecular weight is 465 g/mol. The normalized spacial score (nSPS) is 20.8. The standard InChI is InChI=1S/C22H32N4O5S/c1-17-6-11-25(12-7-17)32(29,30)18-4-5-20-19(14-18)26(22(28)16-31-20)15-21(27)23-8-13-24-9-2-3-10-24/h4-5,14,17H,2-3,6-13,15-16H2,1H3,(H,23,27). The number of nitrogens with one attached hydrogen (secondary N) is 1. The van der Waals surface area contributed by atoms with E-state index in [1.54, 1.807) is 6.07 Å². The van der Waals surface area contributed by atoms with Crippen LogP contribution < -0.4 is 15.0 Å². The number of likely N-dealkylation sites (tertiary alicyclic amines) is 1. The highest BCUT2D eigenvalue weighted by atomic mass is 32.2. The van der Waals surface area contributed by atoms with Gasteiger partial charge in [0.25, 0.3) is 5.91 Å². The Bertz CT molecular complexity index is 953. The minimum Gasteiger partial charge on any atom is -0.482 e. The van der Waals surface area contributed by atoms with Crippen molar-refractivity contribution in [2.45, 2.75) is 37.5 Å². The number of anilines is 1. The summed E-state index contributed by atoms with van der Waals surface area (Å²) in [7, 11) is -3.68. The minimum absolute atomic E-state index is 0.114. The van der Waals surface area contributed by atoms with Gasteiger partial charge in [0.05, 0.1) is 10.6 Å². The van der Waals surface area contributed by atoms with Crippen LogP contribution in [0.2, 0.25) is 0 Å². The van der Waals surface area contributed by atoms with Crippen molar-refractivity contribution in [1.82, 2.24) is 14.5 Å². The van der Waals surface area contributed by atoms with Crippen molar-refractivity contribution in [3.8, 4) is 5.75 Å². The molecule has 1 aromatic carbocycles. The summed E-state index contributed by atoms with van der Waals surface area (Å²) in [5.74, 6) is 0.272. The molecule has 2 fully saturated rings. The molecule has 2 saturated heterocycles. The molecule has 0 unspecified atom stereocenters. The van der Waals surface area contributed by atoms with Crippen LogP contribution in [0.15, 0.2) is 23.1 Å². The quantitative estimate of drug-likeness (QED) is 0.648. The van der Waals surface area contributed by atoms with Gasteiger partial charge in [-0.25, -0.2) is 8.42 Å². The van der Waals surface area contributed by atoms with Crippen LogP contribution in [0.3, 0.4) is 0 Å². The number of sulfonamides is 1. The first kappa shape index (κ1) is 23.0. The Labute approximate surface area is 189 Å². The molecule has 1 N–H and O–H groups in total. The fourth-order valence-corrected chi connectivity index (χ4v) is 5.94. The molecule has 3 aliphatic heterocycles. The largest absolute Gasteiger partial charge is 0.482 e. The van der Waals surface area contributed by atoms with Gasteiger partial charge in [-0.2, -0.15) is 4.31 Å². The fourth-order valence-electron chi connectivity index (χ4n) is 4.45. The second-order valence-corrected chi connectivity index (χ2v) is 10.8. The van der Waals surface area contributed by atoms with E-state index in [1.807, 2.05) is 0 Å². The number of carbonyl (C=O) groups is 2. The van der Waals surface area contributed by atoms with E-state index in [9.17, 15) is 18.0 Å². The van der Waals surface area contributed by atoms with Crippen LogP contribution >= 0.6 is 0 Å². The first-order valence-electron chi connectivity index (χ1n) is 11.4. The summed E-state index contributed by atoms with van der Waals surface area (Å²) in [6.45, 7) is 6.17. The van der Waals surface area contributed by atoms with Crippen molar-refractivity contribution in [3.63, 3.8) is 0 Å². The van der Waals surface area contributed by atoms with E-state index in [0.29, 0.717) is 37.0 Å². The number of fused-ring (bicyclic) bond motifs is 1. The molecule has 10 heteroatoms. The average Bonchev–Trinajstić information content (AvgIpc) is 3.29. The van der Waals surface area contributed by atoms with E-state index >= 15 is 0 Å². The molecular weight excluding hydrogens is 432 g/mol. The maximum Gasteiger partial charge on any atom is 0.265 e. The van der Waals surface area contributed by atoms with Gasteiger partial charge in [-0.1, -0.05) is 6.92 Å². The van der Waals surface area contributed by atoms with Crippen LogP contribution in [0.5, 0.6) is 5.75 Å². The monoisotopic (exact) mass is 464 g/mol. The van der Waals surface area contributed by atoms with Gasteiger partial charge in [0, 0.05) is 26.2 Å². The summed E-state index contributed by atoms with van der Waals surface area (Å²) in [6, 6.07) is 4.53. The molecule has 1 aromatic rings. The van der Waals surface area contributed by atoms with Crippen LogP contribution in [0.25, 0.3) is 0 Å². The van der Waals surface area contributed by atoms with Crippen LogP contribution in [0.1, 0.15) is 32.6 Å². The topological polar surface area (TPSA) is 99.3 Å². The van der Waals surface area contributed by atoms with Crippen LogP contribution in [-0.2, 0) is 19.6 Å². The second-order valence-electron chi connectivity index (χ2n) is 8.88. The lowest BCUT2D eigenvalue weighted by molar-refractivity contribution is -0.125. The maximum atomic E-state index is 13.2. The van der Waals surface area contributed by atoms with Gasteiger partial charge >= 0.3 is 0 Å². The number of piperidine rings is 1. The van der Waals surface area contributed by atoms with Crippen molar-refractivity contribution in [3.05, 3.63) is 18.2 Å². The molecule has 176 valence electrons. The highest BCUT2D eigenvalue weighted by molar-refractivity contribution is 7.89. The molecule has 0 spiro atoms. The maximum absolute atomic E-state index is 13.2. The van der Waals surface area contributed by atoms with Gasteiger partial charge < -0.3 is 15.0 Å². The summed E-state index contributed by atoms with van der Waals surface area (Å²) in [4.78, 5) is 28.8. The molecule has 3 heterocycles. The molecule has 9 nitrogen and oxygen atoms in total. The van der Waals surface area contributed by atoms with E-state index < -0.39 is 10.0 Å². The molecule has 2 amide bonds. The number of carbonyl (C=O) groups excluding carboxylic acids is 2. The van der Waals surface area contributed by atoms with Crippen LogP contribution in [0.4, 0.5) is 5.69 Å². The van der Waals surface area contributed by atoms with Crippen molar-refractivity contribution in [2.75, 3.05) is 57.3 Å². The van der Waals surface area contributed by atoms with Gasteiger partial charge in [0.15, 0.2) is 6.61 Å². The Kier molecular flexibility index (Phi) is 7.02. The van der Waals surface area contributed by atoms with Crippen molar-refractivity contribution < 1.29 is 22.7 Å². The number of nitrogens with zero attached hydrogens (tertiary/aromatic N) is 3.